The Labute approximate surface area is 116 Å². The van der Waals surface area contributed by atoms with Crippen LogP contribution >= 0.6 is 46.3 Å². The maximum absolute atomic E-state index is 10.6. The van der Waals surface area contributed by atoms with E-state index < -0.39 is 0 Å². The molecule has 3 nitrogen and oxygen atoms in total. The largest absolute Gasteiger partial charge is 0.366 e. The van der Waals surface area contributed by atoms with Gasteiger partial charge in [-0.1, -0.05) is 12.1 Å². The van der Waals surface area contributed by atoms with Gasteiger partial charge in [0.1, 0.15) is 0 Å². The van der Waals surface area contributed by atoms with Gasteiger partial charge in [-0.3, -0.25) is 4.79 Å². The van der Waals surface area contributed by atoms with Crippen molar-refractivity contribution in [1.82, 2.24) is 0 Å². The molecule has 0 spiro atoms. The van der Waals surface area contributed by atoms with Gasteiger partial charge in [0.2, 0.25) is 5.91 Å². The molecule has 0 atom stereocenters. The van der Waals surface area contributed by atoms with Crippen LogP contribution in [-0.2, 0) is 20.9 Å². The Morgan fingerprint density at radius 2 is 1.79 bits per heavy atom. The van der Waals surface area contributed by atoms with Crippen LogP contribution in [0.5, 0.6) is 0 Å². The average Bonchev–Trinajstić information content (AvgIpc) is 2.06. The Morgan fingerprint density at radius 1 is 1.36 bits per heavy atom. The molecule has 0 aliphatic rings. The molecule has 0 saturated heterocycles. The number of nitrogens with two attached hydrogens (primary N) is 1. The summed E-state index contributed by atoms with van der Waals surface area (Å²) in [6.07, 6.45) is 0. The standard InChI is InChI=1S/C7H6INO.Cl2O.Cu/c8-6-4-2-1-3-5(6)7(9)10;1-3-2;/h1-4H,(H2,9,10);;. The van der Waals surface area contributed by atoms with E-state index in [1.165, 1.54) is 0 Å². The monoisotopic (exact) mass is 396 g/mol. The first-order chi connectivity index (χ1) is 6.13. The van der Waals surface area contributed by atoms with Gasteiger partial charge in [-0.2, -0.15) is 3.84 Å². The Balaban J connectivity index is 0. The van der Waals surface area contributed by atoms with Crippen molar-refractivity contribution >= 4 is 52.2 Å². The van der Waals surface area contributed by atoms with E-state index in [9.17, 15) is 4.79 Å². The summed E-state index contributed by atoms with van der Waals surface area (Å²) in [5.74, 6) is -0.370. The van der Waals surface area contributed by atoms with E-state index in [0.29, 0.717) is 5.56 Å². The third-order valence-corrected chi connectivity index (χ3v) is 2.08. The molecule has 1 amide bonds. The van der Waals surface area contributed by atoms with Gasteiger partial charge in [0.05, 0.1) is 29.3 Å². The molecule has 1 radical (unpaired) electrons. The normalized spacial score (nSPS) is 7.93. The van der Waals surface area contributed by atoms with Crippen molar-refractivity contribution in [3.05, 3.63) is 33.4 Å². The molecule has 83 valence electrons. The summed E-state index contributed by atoms with van der Waals surface area (Å²) >= 11 is 10.6. The molecular weight excluding hydrogens is 391 g/mol. The number of carbonyl (C=O) groups is 1. The maximum atomic E-state index is 10.6. The third kappa shape index (κ3) is 6.86. The van der Waals surface area contributed by atoms with Crippen LogP contribution < -0.4 is 5.73 Å². The number of primary amides is 1. The summed E-state index contributed by atoms with van der Waals surface area (Å²) in [5.41, 5.74) is 5.66. The molecule has 0 aliphatic heterocycles. The summed E-state index contributed by atoms with van der Waals surface area (Å²) in [4.78, 5) is 10.6. The van der Waals surface area contributed by atoms with Crippen molar-refractivity contribution in [1.29, 1.82) is 0 Å². The zero-order chi connectivity index (χ0) is 10.3. The first kappa shape index (κ1) is 16.9. The minimum Gasteiger partial charge on any atom is -0.366 e. The molecule has 0 aromatic heterocycles. The second-order valence-corrected chi connectivity index (χ2v) is 3.53. The summed E-state index contributed by atoms with van der Waals surface area (Å²) < 4.78 is 4.09. The number of benzene rings is 1. The zero-order valence-electron chi connectivity index (χ0n) is 6.64. The molecule has 14 heavy (non-hydrogen) atoms. The van der Waals surface area contributed by atoms with Crippen LogP contribution in [0, 0.1) is 3.57 Å². The van der Waals surface area contributed by atoms with Crippen LogP contribution in [0.3, 0.4) is 0 Å². The molecule has 1 aromatic rings. The van der Waals surface area contributed by atoms with Crippen LogP contribution in [0.15, 0.2) is 24.3 Å². The van der Waals surface area contributed by atoms with Crippen molar-refractivity contribution in [2.75, 3.05) is 0 Å². The first-order valence-electron chi connectivity index (χ1n) is 3.07. The number of hydrogen-bond acceptors (Lipinski definition) is 2. The third-order valence-electron chi connectivity index (χ3n) is 1.14. The van der Waals surface area contributed by atoms with E-state index in [0.717, 1.165) is 3.57 Å². The number of amides is 1. The number of rotatable bonds is 1. The second kappa shape index (κ2) is 10.0. The number of halogens is 3. The fourth-order valence-electron chi connectivity index (χ4n) is 0.661. The maximum Gasteiger partial charge on any atom is 0.249 e. The fourth-order valence-corrected chi connectivity index (χ4v) is 1.31. The minimum atomic E-state index is -0.370. The topological polar surface area (TPSA) is 52.3 Å². The summed E-state index contributed by atoms with van der Waals surface area (Å²) in [6.45, 7) is 0. The second-order valence-electron chi connectivity index (χ2n) is 1.90. The van der Waals surface area contributed by atoms with Gasteiger partial charge in [-0.15, -0.1) is 0 Å². The minimum absolute atomic E-state index is 0. The molecule has 2 N–H and O–H groups in total. The molecule has 0 bridgehead atoms. The van der Waals surface area contributed by atoms with Gasteiger partial charge < -0.3 is 5.73 Å². The molecule has 1 aromatic carbocycles. The number of carbonyl (C=O) groups excluding carboxylic acids is 1. The van der Waals surface area contributed by atoms with Crippen LogP contribution in [0.4, 0.5) is 0 Å². The van der Waals surface area contributed by atoms with Crippen molar-refractivity contribution in [2.45, 2.75) is 0 Å². The van der Waals surface area contributed by atoms with Gasteiger partial charge in [-0.05, 0) is 34.7 Å². The van der Waals surface area contributed by atoms with E-state index in [-0.39, 0.29) is 23.0 Å². The Kier molecular flexibility index (Phi) is 12.1. The molecule has 1 rings (SSSR count). The van der Waals surface area contributed by atoms with Crippen LogP contribution in [-0.4, -0.2) is 5.91 Å². The van der Waals surface area contributed by atoms with E-state index >= 15 is 0 Å². The van der Waals surface area contributed by atoms with Gasteiger partial charge in [0, 0.05) is 20.6 Å². The molecule has 0 unspecified atom stereocenters. The predicted octanol–water partition coefficient (Wildman–Crippen LogP) is 2.70. The average molecular weight is 397 g/mol. The predicted molar refractivity (Wildman–Crippen MR) is 60.5 cm³/mol. The first-order valence-corrected chi connectivity index (χ1v) is 4.76. The summed E-state index contributed by atoms with van der Waals surface area (Å²) in [7, 11) is 0. The molecule has 0 heterocycles. The zero-order valence-corrected chi connectivity index (χ0v) is 11.2. The van der Waals surface area contributed by atoms with E-state index in [2.05, 4.69) is 50.2 Å². The molecular formula is C7H6Cl2CuINO2. The molecule has 0 aliphatic carbocycles. The molecule has 0 saturated carbocycles. The van der Waals surface area contributed by atoms with Gasteiger partial charge >= 0.3 is 0 Å². The Hall–Kier alpha value is 0.479. The van der Waals surface area contributed by atoms with Crippen molar-refractivity contribution in [2.24, 2.45) is 5.73 Å². The van der Waals surface area contributed by atoms with Crippen molar-refractivity contribution in [3.63, 3.8) is 0 Å². The molecule has 7 heteroatoms. The molecule has 0 fully saturated rings. The van der Waals surface area contributed by atoms with Crippen molar-refractivity contribution < 1.29 is 25.7 Å². The fraction of sp³-hybridized carbons (Fsp3) is 0. The van der Waals surface area contributed by atoms with Gasteiger partial charge in [-0.25, -0.2) is 0 Å². The number of hydrogen-bond donors (Lipinski definition) is 1. The SMILES string of the molecule is ClOCl.NC(=O)c1ccccc1I.[Cu]. The van der Waals surface area contributed by atoms with E-state index in [1.54, 1.807) is 12.1 Å². The Bertz CT molecular complexity index is 288. The quantitative estimate of drug-likeness (QED) is 0.585. The van der Waals surface area contributed by atoms with Gasteiger partial charge in [0.15, 0.2) is 0 Å². The Morgan fingerprint density at radius 3 is 2.07 bits per heavy atom. The van der Waals surface area contributed by atoms with E-state index in [4.69, 9.17) is 5.73 Å². The van der Waals surface area contributed by atoms with Crippen LogP contribution in [0.25, 0.3) is 0 Å². The van der Waals surface area contributed by atoms with Crippen LogP contribution in [0.1, 0.15) is 10.4 Å². The smallest absolute Gasteiger partial charge is 0.249 e. The van der Waals surface area contributed by atoms with Crippen LogP contribution in [0.2, 0.25) is 0 Å². The van der Waals surface area contributed by atoms with E-state index in [1.807, 2.05) is 12.1 Å². The van der Waals surface area contributed by atoms with Crippen molar-refractivity contribution in [3.8, 4) is 0 Å². The van der Waals surface area contributed by atoms with Gasteiger partial charge in [0.25, 0.3) is 0 Å². The summed E-state index contributed by atoms with van der Waals surface area (Å²) in [6, 6.07) is 7.22. The summed E-state index contributed by atoms with van der Waals surface area (Å²) in [5, 5.41) is 0.